The van der Waals surface area contributed by atoms with E-state index in [4.69, 9.17) is 5.10 Å². The highest BCUT2D eigenvalue weighted by Gasteiger charge is 2.25. The monoisotopic (exact) mass is 361 g/mol. The number of nitrogens with zero attached hydrogens (tertiary/aromatic N) is 3. The third-order valence-corrected chi connectivity index (χ3v) is 5.24. The van der Waals surface area contributed by atoms with Crippen LogP contribution in [0, 0.1) is 0 Å². The molecule has 138 valence electrons. The highest BCUT2D eigenvalue weighted by Crippen LogP contribution is 2.28. The van der Waals surface area contributed by atoms with Crippen LogP contribution in [-0.4, -0.2) is 38.8 Å². The summed E-state index contributed by atoms with van der Waals surface area (Å²) in [4.78, 5) is 14.8. The predicted molar refractivity (Wildman–Crippen MR) is 104 cm³/mol. The Labute approximate surface area is 158 Å². The van der Waals surface area contributed by atoms with E-state index in [1.165, 1.54) is 11.3 Å². The van der Waals surface area contributed by atoms with Crippen molar-refractivity contribution < 1.29 is 9.90 Å². The van der Waals surface area contributed by atoms with E-state index in [9.17, 15) is 9.90 Å². The number of aliphatic hydroxyl groups excluding tert-OH is 1. The Morgan fingerprint density at radius 3 is 2.44 bits per heavy atom. The molecule has 0 saturated carbocycles. The van der Waals surface area contributed by atoms with Gasteiger partial charge in [-0.3, -0.25) is 9.48 Å². The van der Waals surface area contributed by atoms with Crippen LogP contribution in [0.3, 0.4) is 0 Å². The number of hydrogen-bond donors (Lipinski definition) is 1. The average Bonchev–Trinajstić information content (AvgIpc) is 2.89. The number of benzene rings is 2. The van der Waals surface area contributed by atoms with Gasteiger partial charge in [-0.05, 0) is 24.1 Å². The summed E-state index contributed by atoms with van der Waals surface area (Å²) in [7, 11) is 1.98. The van der Waals surface area contributed by atoms with E-state index in [2.05, 4.69) is 12.1 Å². The second-order valence-electron chi connectivity index (χ2n) is 6.91. The molecule has 0 radical (unpaired) electrons. The fourth-order valence-corrected chi connectivity index (χ4v) is 3.74. The van der Waals surface area contributed by atoms with Crippen molar-refractivity contribution in [2.24, 2.45) is 7.05 Å². The van der Waals surface area contributed by atoms with Crippen LogP contribution in [0.15, 0.2) is 54.6 Å². The minimum absolute atomic E-state index is 0.0112. The Bertz CT molecular complexity index is 946. The van der Waals surface area contributed by atoms with Crippen LogP contribution in [0.4, 0.5) is 0 Å². The number of amides is 1. The highest BCUT2D eigenvalue weighted by molar-refractivity contribution is 5.94. The number of carbonyl (C=O) groups excluding carboxylic acids is 1. The van der Waals surface area contributed by atoms with Gasteiger partial charge >= 0.3 is 0 Å². The largest absolute Gasteiger partial charge is 0.392 e. The molecule has 1 aliphatic rings. The number of aromatic nitrogens is 2. The molecule has 1 aromatic heterocycles. The third-order valence-electron chi connectivity index (χ3n) is 5.24. The highest BCUT2D eigenvalue weighted by atomic mass is 16.3. The number of fused-ring (bicyclic) bond motifs is 1. The Morgan fingerprint density at radius 1 is 1.04 bits per heavy atom. The van der Waals surface area contributed by atoms with Crippen LogP contribution in [0.5, 0.6) is 0 Å². The van der Waals surface area contributed by atoms with Gasteiger partial charge in [-0.1, -0.05) is 42.5 Å². The lowest BCUT2D eigenvalue weighted by Crippen LogP contribution is -2.33. The number of hydrogen-bond acceptors (Lipinski definition) is 3. The first-order chi connectivity index (χ1) is 13.2. The van der Waals surface area contributed by atoms with Gasteiger partial charge in [0.25, 0.3) is 5.91 Å². The zero-order valence-corrected chi connectivity index (χ0v) is 15.4. The molecule has 0 bridgehead atoms. The van der Waals surface area contributed by atoms with E-state index >= 15 is 0 Å². The van der Waals surface area contributed by atoms with Gasteiger partial charge in [0.1, 0.15) is 0 Å². The Morgan fingerprint density at radius 2 is 1.74 bits per heavy atom. The molecule has 4 rings (SSSR count). The Balaban J connectivity index is 1.57. The smallest absolute Gasteiger partial charge is 0.253 e. The van der Waals surface area contributed by atoms with Crippen molar-refractivity contribution in [1.29, 1.82) is 0 Å². The summed E-state index contributed by atoms with van der Waals surface area (Å²) in [6.45, 7) is 1.35. The molecule has 0 unspecified atom stereocenters. The van der Waals surface area contributed by atoms with Crippen molar-refractivity contribution in [3.8, 4) is 11.3 Å². The second-order valence-corrected chi connectivity index (χ2v) is 6.91. The number of aliphatic hydroxyl groups is 1. The minimum Gasteiger partial charge on any atom is -0.392 e. The first-order valence-corrected chi connectivity index (χ1v) is 9.26. The van der Waals surface area contributed by atoms with Gasteiger partial charge in [0.15, 0.2) is 0 Å². The van der Waals surface area contributed by atoms with Crippen LogP contribution < -0.4 is 0 Å². The van der Waals surface area contributed by atoms with E-state index in [0.29, 0.717) is 18.7 Å². The molecular weight excluding hydrogens is 338 g/mol. The van der Waals surface area contributed by atoms with Crippen LogP contribution in [-0.2, 0) is 26.5 Å². The van der Waals surface area contributed by atoms with Gasteiger partial charge < -0.3 is 10.0 Å². The molecule has 0 spiro atoms. The molecule has 2 aromatic carbocycles. The Hall–Kier alpha value is -2.92. The molecule has 5 nitrogen and oxygen atoms in total. The quantitative estimate of drug-likeness (QED) is 0.780. The lowest BCUT2D eigenvalue weighted by atomic mass is 10.0. The van der Waals surface area contributed by atoms with Crippen molar-refractivity contribution >= 4 is 5.91 Å². The summed E-state index contributed by atoms with van der Waals surface area (Å²) in [5.41, 5.74) is 6.07. The molecule has 1 N–H and O–H groups in total. The molecule has 5 heteroatoms. The molecule has 27 heavy (non-hydrogen) atoms. The maximum atomic E-state index is 12.9. The van der Waals surface area contributed by atoms with Gasteiger partial charge in [-0.2, -0.15) is 5.10 Å². The predicted octanol–water partition coefficient (Wildman–Crippen LogP) is 2.82. The summed E-state index contributed by atoms with van der Waals surface area (Å²) in [5.74, 6) is 0.0431. The minimum atomic E-state index is -0.0112. The fraction of sp³-hybridized carbons (Fsp3) is 0.273. The average molecular weight is 361 g/mol. The van der Waals surface area contributed by atoms with Crippen LogP contribution in [0.2, 0.25) is 0 Å². The van der Waals surface area contributed by atoms with Crippen molar-refractivity contribution in [3.05, 3.63) is 77.0 Å². The van der Waals surface area contributed by atoms with Gasteiger partial charge in [-0.25, -0.2) is 0 Å². The summed E-state index contributed by atoms with van der Waals surface area (Å²) in [6, 6.07) is 17.4. The van der Waals surface area contributed by atoms with Crippen LogP contribution >= 0.6 is 0 Å². The van der Waals surface area contributed by atoms with Crippen molar-refractivity contribution in [3.63, 3.8) is 0 Å². The summed E-state index contributed by atoms with van der Waals surface area (Å²) in [6.07, 6.45) is 1.60. The molecule has 3 aromatic rings. The van der Waals surface area contributed by atoms with Gasteiger partial charge in [-0.15, -0.1) is 0 Å². The maximum absolute atomic E-state index is 12.9. The topological polar surface area (TPSA) is 58.4 Å². The zero-order chi connectivity index (χ0) is 18.8. The fourth-order valence-electron chi connectivity index (χ4n) is 3.74. The molecular formula is C22H23N3O2. The van der Waals surface area contributed by atoms with Crippen LogP contribution in [0.1, 0.15) is 27.2 Å². The maximum Gasteiger partial charge on any atom is 0.253 e. The van der Waals surface area contributed by atoms with E-state index < -0.39 is 0 Å². The molecule has 0 atom stereocenters. The molecule has 0 fully saturated rings. The van der Waals surface area contributed by atoms with Crippen molar-refractivity contribution in [1.82, 2.24) is 14.7 Å². The molecule has 1 aliphatic heterocycles. The number of rotatable bonds is 3. The molecule has 1 amide bonds. The SMILES string of the molecule is Cn1nc(-c2ccccc2)c2c1CCN(C(=O)c1ccc(CO)cc1)CC2. The van der Waals surface area contributed by atoms with Gasteiger partial charge in [0.05, 0.1) is 12.3 Å². The molecule has 0 saturated heterocycles. The van der Waals surface area contributed by atoms with Crippen LogP contribution in [0.25, 0.3) is 11.3 Å². The number of aryl methyl sites for hydroxylation is 1. The summed E-state index contributed by atoms with van der Waals surface area (Å²) >= 11 is 0. The first-order valence-electron chi connectivity index (χ1n) is 9.26. The van der Waals surface area contributed by atoms with E-state index in [-0.39, 0.29) is 12.5 Å². The lowest BCUT2D eigenvalue weighted by molar-refractivity contribution is 0.0762. The first kappa shape index (κ1) is 17.5. The lowest BCUT2D eigenvalue weighted by Gasteiger charge is -2.20. The summed E-state index contributed by atoms with van der Waals surface area (Å²) < 4.78 is 1.96. The van der Waals surface area contributed by atoms with E-state index in [1.807, 2.05) is 34.8 Å². The van der Waals surface area contributed by atoms with E-state index in [0.717, 1.165) is 29.7 Å². The van der Waals surface area contributed by atoms with Gasteiger partial charge in [0, 0.05) is 48.9 Å². The van der Waals surface area contributed by atoms with Crippen molar-refractivity contribution in [2.45, 2.75) is 19.4 Å². The zero-order valence-electron chi connectivity index (χ0n) is 15.4. The Kier molecular flexibility index (Phi) is 4.77. The molecule has 0 aliphatic carbocycles. The summed E-state index contributed by atoms with van der Waals surface area (Å²) in [5, 5.41) is 13.9. The normalized spacial score (nSPS) is 13.9. The van der Waals surface area contributed by atoms with E-state index in [1.54, 1.807) is 24.3 Å². The molecule has 2 heterocycles. The number of carbonyl (C=O) groups is 1. The van der Waals surface area contributed by atoms with Gasteiger partial charge in [0.2, 0.25) is 0 Å². The third kappa shape index (κ3) is 3.38. The second kappa shape index (κ2) is 7.37. The standard InChI is InChI=1S/C22H23N3O2/c1-24-20-12-14-25(22(27)18-9-7-16(15-26)8-10-18)13-11-19(20)21(23-24)17-5-3-2-4-6-17/h2-10,26H,11-15H2,1H3. The van der Waals surface area contributed by atoms with Crippen molar-refractivity contribution in [2.75, 3.05) is 13.1 Å².